The smallest absolute Gasteiger partial charge is 0.227 e. The predicted octanol–water partition coefficient (Wildman–Crippen LogP) is 3.59. The first-order valence-electron chi connectivity index (χ1n) is 4.94. The van der Waals surface area contributed by atoms with Crippen molar-refractivity contribution in [3.63, 3.8) is 0 Å². The number of hydrogen-bond acceptors (Lipinski definition) is 1. The molecule has 5 heteroatoms. The summed E-state index contributed by atoms with van der Waals surface area (Å²) in [7, 11) is 0. The summed E-state index contributed by atoms with van der Waals surface area (Å²) < 4.78 is 0. The van der Waals surface area contributed by atoms with Crippen molar-refractivity contribution in [2.75, 3.05) is 17.3 Å². The van der Waals surface area contributed by atoms with E-state index in [1.165, 1.54) is 0 Å². The van der Waals surface area contributed by atoms with Crippen molar-refractivity contribution in [2.24, 2.45) is 5.92 Å². The molecule has 0 saturated carbocycles. The second-order valence-electron chi connectivity index (χ2n) is 3.80. The molecule has 0 aliphatic carbocycles. The summed E-state index contributed by atoms with van der Waals surface area (Å²) in [6, 6.07) is 5.28. The van der Waals surface area contributed by atoms with Gasteiger partial charge in [-0.1, -0.05) is 29.3 Å². The Hall–Kier alpha value is -0.440. The van der Waals surface area contributed by atoms with Crippen molar-refractivity contribution >= 4 is 46.4 Å². The van der Waals surface area contributed by atoms with E-state index in [1.54, 1.807) is 23.1 Å². The third kappa shape index (κ3) is 2.15. The van der Waals surface area contributed by atoms with Crippen molar-refractivity contribution < 1.29 is 4.79 Å². The number of rotatable bonds is 2. The molecule has 1 fully saturated rings. The predicted molar refractivity (Wildman–Crippen MR) is 67.6 cm³/mol. The van der Waals surface area contributed by atoms with Gasteiger partial charge in [-0.15, -0.1) is 11.6 Å². The Morgan fingerprint density at radius 3 is 2.75 bits per heavy atom. The van der Waals surface area contributed by atoms with E-state index in [-0.39, 0.29) is 11.8 Å². The Kier molecular flexibility index (Phi) is 3.63. The van der Waals surface area contributed by atoms with Gasteiger partial charge < -0.3 is 4.90 Å². The number of halogens is 3. The Morgan fingerprint density at radius 2 is 2.12 bits per heavy atom. The summed E-state index contributed by atoms with van der Waals surface area (Å²) in [6.07, 6.45) is 0.479. The number of carbonyl (C=O) groups is 1. The van der Waals surface area contributed by atoms with Crippen LogP contribution < -0.4 is 4.90 Å². The maximum atomic E-state index is 11.8. The van der Waals surface area contributed by atoms with Gasteiger partial charge in [0, 0.05) is 18.8 Å². The number of carbonyl (C=O) groups excluding carboxylic acids is 1. The molecule has 1 aliphatic rings. The second-order valence-corrected chi connectivity index (χ2v) is 4.90. The highest BCUT2D eigenvalue weighted by Gasteiger charge is 2.31. The van der Waals surface area contributed by atoms with Crippen LogP contribution >= 0.6 is 34.8 Å². The van der Waals surface area contributed by atoms with Crippen LogP contribution in [0, 0.1) is 5.92 Å². The Balaban J connectivity index is 2.31. The highest BCUT2D eigenvalue weighted by molar-refractivity contribution is 6.44. The zero-order valence-electron chi connectivity index (χ0n) is 8.42. The molecule has 16 heavy (non-hydrogen) atoms. The zero-order valence-corrected chi connectivity index (χ0v) is 10.7. The van der Waals surface area contributed by atoms with Crippen LogP contribution in [0.25, 0.3) is 0 Å². The third-order valence-corrected chi connectivity index (χ3v) is 3.89. The van der Waals surface area contributed by atoms with Gasteiger partial charge in [0.2, 0.25) is 5.91 Å². The van der Waals surface area contributed by atoms with Crippen molar-refractivity contribution in [1.29, 1.82) is 0 Å². The Labute approximate surface area is 109 Å². The van der Waals surface area contributed by atoms with Crippen LogP contribution in [0.5, 0.6) is 0 Å². The minimum Gasteiger partial charge on any atom is -0.311 e. The molecular weight excluding hydrogens is 268 g/mol. The number of anilines is 1. The van der Waals surface area contributed by atoms with E-state index >= 15 is 0 Å². The van der Waals surface area contributed by atoms with Gasteiger partial charge in [-0.2, -0.15) is 0 Å². The molecule has 1 saturated heterocycles. The number of alkyl halides is 1. The van der Waals surface area contributed by atoms with Gasteiger partial charge in [0.1, 0.15) is 0 Å². The van der Waals surface area contributed by atoms with E-state index in [4.69, 9.17) is 34.8 Å². The van der Waals surface area contributed by atoms with Crippen LogP contribution in [0.1, 0.15) is 6.42 Å². The molecule has 1 aliphatic heterocycles. The van der Waals surface area contributed by atoms with Gasteiger partial charge in [-0.05, 0) is 18.1 Å². The van der Waals surface area contributed by atoms with E-state index in [9.17, 15) is 4.79 Å². The van der Waals surface area contributed by atoms with Crippen molar-refractivity contribution in [3.8, 4) is 0 Å². The van der Waals surface area contributed by atoms with Crippen LogP contribution in [0.2, 0.25) is 10.0 Å². The van der Waals surface area contributed by atoms with Crippen LogP contribution in [0.4, 0.5) is 5.69 Å². The highest BCUT2D eigenvalue weighted by atomic mass is 35.5. The van der Waals surface area contributed by atoms with E-state index in [1.807, 2.05) is 0 Å². The van der Waals surface area contributed by atoms with Gasteiger partial charge in [-0.3, -0.25) is 4.79 Å². The average molecular weight is 279 g/mol. The lowest BCUT2D eigenvalue weighted by Crippen LogP contribution is -2.24. The van der Waals surface area contributed by atoms with Gasteiger partial charge >= 0.3 is 0 Å². The lowest BCUT2D eigenvalue weighted by atomic mass is 10.1. The summed E-state index contributed by atoms with van der Waals surface area (Å²) in [6.45, 7) is 0.613. The molecule has 0 bridgehead atoms. The van der Waals surface area contributed by atoms with Crippen LogP contribution in [0.15, 0.2) is 18.2 Å². The number of amides is 1. The van der Waals surface area contributed by atoms with Crippen molar-refractivity contribution in [1.82, 2.24) is 0 Å². The SMILES string of the molecule is O=C1CC(CCl)CN1c1cccc(Cl)c1Cl. The molecule has 1 aromatic rings. The zero-order chi connectivity index (χ0) is 11.7. The summed E-state index contributed by atoms with van der Waals surface area (Å²) in [5.41, 5.74) is 0.673. The molecule has 0 aromatic heterocycles. The summed E-state index contributed by atoms with van der Waals surface area (Å²) in [4.78, 5) is 13.4. The molecule has 1 atom stereocenters. The molecular formula is C11H10Cl3NO. The fraction of sp³-hybridized carbons (Fsp3) is 0.364. The maximum absolute atomic E-state index is 11.8. The minimum absolute atomic E-state index is 0.0508. The van der Waals surface area contributed by atoms with Crippen LogP contribution in [-0.4, -0.2) is 18.3 Å². The average Bonchev–Trinajstić information content (AvgIpc) is 2.64. The fourth-order valence-electron chi connectivity index (χ4n) is 1.82. The van der Waals surface area contributed by atoms with Crippen LogP contribution in [-0.2, 0) is 4.79 Å². The van der Waals surface area contributed by atoms with Crippen molar-refractivity contribution in [2.45, 2.75) is 6.42 Å². The van der Waals surface area contributed by atoms with E-state index in [0.717, 1.165) is 0 Å². The first-order chi connectivity index (χ1) is 7.63. The minimum atomic E-state index is 0.0508. The Morgan fingerprint density at radius 1 is 1.38 bits per heavy atom. The summed E-state index contributed by atoms with van der Waals surface area (Å²) >= 11 is 17.7. The molecule has 0 radical (unpaired) electrons. The van der Waals surface area contributed by atoms with Gasteiger partial charge in [0.15, 0.2) is 0 Å². The molecule has 1 aromatic carbocycles. The second kappa shape index (κ2) is 4.82. The quantitative estimate of drug-likeness (QED) is 0.757. The largest absolute Gasteiger partial charge is 0.311 e. The summed E-state index contributed by atoms with van der Waals surface area (Å²) in [5, 5.41) is 0.883. The van der Waals surface area contributed by atoms with Gasteiger partial charge in [0.25, 0.3) is 0 Å². The first kappa shape index (κ1) is 12.0. The summed E-state index contributed by atoms with van der Waals surface area (Å²) in [5.74, 6) is 0.736. The first-order valence-corrected chi connectivity index (χ1v) is 6.23. The number of nitrogens with zero attached hydrogens (tertiary/aromatic N) is 1. The van der Waals surface area contributed by atoms with Gasteiger partial charge in [-0.25, -0.2) is 0 Å². The van der Waals surface area contributed by atoms with Gasteiger partial charge in [0.05, 0.1) is 15.7 Å². The standard InChI is InChI=1S/C11H10Cl3NO/c12-5-7-4-10(16)15(6-7)9-3-1-2-8(13)11(9)14/h1-3,7H,4-6H2. The molecule has 0 N–H and O–H groups in total. The lowest BCUT2D eigenvalue weighted by molar-refractivity contribution is -0.117. The topological polar surface area (TPSA) is 20.3 Å². The lowest BCUT2D eigenvalue weighted by Gasteiger charge is -2.18. The molecule has 2 nitrogen and oxygen atoms in total. The highest BCUT2D eigenvalue weighted by Crippen LogP contribution is 2.35. The van der Waals surface area contributed by atoms with Crippen LogP contribution in [0.3, 0.4) is 0 Å². The molecule has 1 heterocycles. The Bertz CT molecular complexity index is 422. The van der Waals surface area contributed by atoms with Crippen molar-refractivity contribution in [3.05, 3.63) is 28.2 Å². The van der Waals surface area contributed by atoms with E-state index in [0.29, 0.717) is 34.6 Å². The fourth-order valence-corrected chi connectivity index (χ4v) is 2.42. The molecule has 1 unspecified atom stereocenters. The molecule has 86 valence electrons. The molecule has 2 rings (SSSR count). The van der Waals surface area contributed by atoms with E-state index < -0.39 is 0 Å². The number of hydrogen-bond donors (Lipinski definition) is 0. The molecule has 1 amide bonds. The monoisotopic (exact) mass is 277 g/mol. The van der Waals surface area contributed by atoms with E-state index in [2.05, 4.69) is 0 Å². The maximum Gasteiger partial charge on any atom is 0.227 e. The normalized spacial score (nSPS) is 20.6. The number of benzene rings is 1. The molecule has 0 spiro atoms. The third-order valence-electron chi connectivity index (χ3n) is 2.65.